The number of imidazole rings is 1. The van der Waals surface area contributed by atoms with E-state index in [1.165, 1.54) is 0 Å². The van der Waals surface area contributed by atoms with Crippen molar-refractivity contribution in [2.24, 2.45) is 5.84 Å². The molecule has 4 N–H and O–H groups in total. The third kappa shape index (κ3) is 2.52. The van der Waals surface area contributed by atoms with Gasteiger partial charge in [0, 0.05) is 31.7 Å². The third-order valence-electron chi connectivity index (χ3n) is 2.85. The second-order valence-corrected chi connectivity index (χ2v) is 4.22. The molecule has 104 valence electrons. The van der Waals surface area contributed by atoms with Crippen LogP contribution >= 0.6 is 0 Å². The van der Waals surface area contributed by atoms with Gasteiger partial charge in [0.1, 0.15) is 0 Å². The Bertz CT molecular complexity index is 672. The molecule has 0 aromatic carbocycles. The highest BCUT2D eigenvalue weighted by atomic mass is 15.4. The summed E-state index contributed by atoms with van der Waals surface area (Å²) in [7, 11) is 0. The lowest BCUT2D eigenvalue weighted by Crippen LogP contribution is -2.13. The highest BCUT2D eigenvalue weighted by Gasteiger charge is 2.06. The Morgan fingerprint density at radius 3 is 3.00 bits per heavy atom. The van der Waals surface area contributed by atoms with Crippen LogP contribution in [0.5, 0.6) is 0 Å². The summed E-state index contributed by atoms with van der Waals surface area (Å²) in [6.45, 7) is 1.55. The number of fused-ring (bicyclic) bond motifs is 1. The SMILES string of the molecule is NNc1cn2ccnc2c(NCCCn2ccnn2)n1. The van der Waals surface area contributed by atoms with Gasteiger partial charge in [-0.15, -0.1) is 5.10 Å². The fraction of sp³-hybridized carbons (Fsp3) is 0.273. The fourth-order valence-corrected chi connectivity index (χ4v) is 1.92. The van der Waals surface area contributed by atoms with Gasteiger partial charge in [0.15, 0.2) is 17.3 Å². The molecule has 0 saturated carbocycles. The predicted octanol–water partition coefficient (Wildman–Crippen LogP) is 0.109. The zero-order valence-corrected chi connectivity index (χ0v) is 10.8. The van der Waals surface area contributed by atoms with Crippen molar-refractivity contribution >= 4 is 17.3 Å². The number of hydrogen-bond acceptors (Lipinski definition) is 7. The number of aryl methyl sites for hydroxylation is 1. The average Bonchev–Trinajstić information content (AvgIpc) is 3.13. The van der Waals surface area contributed by atoms with E-state index >= 15 is 0 Å². The minimum absolute atomic E-state index is 0.578. The van der Waals surface area contributed by atoms with Crippen LogP contribution in [0.1, 0.15) is 6.42 Å². The van der Waals surface area contributed by atoms with Crippen LogP contribution in [0.25, 0.3) is 5.65 Å². The summed E-state index contributed by atoms with van der Waals surface area (Å²) in [6.07, 6.45) is 9.75. The van der Waals surface area contributed by atoms with Crippen molar-refractivity contribution in [1.29, 1.82) is 0 Å². The molecule has 3 aromatic rings. The standard InChI is InChI=1S/C11H15N9/c12-17-9-8-19-6-3-14-11(19)10(16-9)13-2-1-5-20-7-4-15-18-20/h3-4,6-8,17H,1-2,5,12H2,(H,13,16). The lowest BCUT2D eigenvalue weighted by atomic mass is 10.4. The molecule has 0 amide bonds. The molecule has 0 aliphatic rings. The molecule has 0 spiro atoms. The van der Waals surface area contributed by atoms with E-state index in [0.29, 0.717) is 11.6 Å². The first-order valence-electron chi connectivity index (χ1n) is 6.25. The summed E-state index contributed by atoms with van der Waals surface area (Å²) in [5.41, 5.74) is 3.31. The van der Waals surface area contributed by atoms with E-state index in [2.05, 4.69) is 31.0 Å². The maximum Gasteiger partial charge on any atom is 0.180 e. The summed E-state index contributed by atoms with van der Waals surface area (Å²) in [4.78, 5) is 8.63. The number of nitrogens with two attached hydrogens (primary N) is 1. The van der Waals surface area contributed by atoms with Crippen LogP contribution in [0.2, 0.25) is 0 Å². The van der Waals surface area contributed by atoms with E-state index in [4.69, 9.17) is 5.84 Å². The Morgan fingerprint density at radius 2 is 2.20 bits per heavy atom. The van der Waals surface area contributed by atoms with Gasteiger partial charge in [0.2, 0.25) is 0 Å². The summed E-state index contributed by atoms with van der Waals surface area (Å²) < 4.78 is 3.65. The zero-order valence-electron chi connectivity index (χ0n) is 10.8. The van der Waals surface area contributed by atoms with Crippen molar-refractivity contribution in [3.05, 3.63) is 31.0 Å². The molecule has 0 radical (unpaired) electrons. The molecule has 3 aromatic heterocycles. The van der Waals surface area contributed by atoms with Crippen molar-refractivity contribution in [1.82, 2.24) is 29.4 Å². The number of nitrogens with zero attached hydrogens (tertiary/aromatic N) is 6. The molecule has 0 aliphatic carbocycles. The lowest BCUT2D eigenvalue weighted by Gasteiger charge is -2.09. The molecule has 9 heteroatoms. The molecule has 0 aliphatic heterocycles. The van der Waals surface area contributed by atoms with Gasteiger partial charge in [-0.1, -0.05) is 5.21 Å². The van der Waals surface area contributed by atoms with E-state index in [1.54, 1.807) is 23.3 Å². The molecule has 0 bridgehead atoms. The van der Waals surface area contributed by atoms with Gasteiger partial charge in [-0.05, 0) is 6.42 Å². The Labute approximate surface area is 114 Å². The Kier molecular flexibility index (Phi) is 3.42. The van der Waals surface area contributed by atoms with Crippen molar-refractivity contribution in [2.75, 3.05) is 17.3 Å². The van der Waals surface area contributed by atoms with E-state index in [1.807, 2.05) is 16.8 Å². The van der Waals surface area contributed by atoms with Crippen molar-refractivity contribution < 1.29 is 0 Å². The van der Waals surface area contributed by atoms with Gasteiger partial charge in [0.25, 0.3) is 0 Å². The number of nitrogens with one attached hydrogen (secondary N) is 2. The minimum Gasteiger partial charge on any atom is -0.367 e. The fourth-order valence-electron chi connectivity index (χ4n) is 1.92. The maximum absolute atomic E-state index is 5.40. The quantitative estimate of drug-likeness (QED) is 0.332. The predicted molar refractivity (Wildman–Crippen MR) is 73.9 cm³/mol. The molecule has 0 saturated heterocycles. The molecule has 0 fully saturated rings. The normalized spacial score (nSPS) is 10.8. The van der Waals surface area contributed by atoms with Gasteiger partial charge in [-0.25, -0.2) is 15.8 Å². The number of aromatic nitrogens is 6. The highest BCUT2D eigenvalue weighted by molar-refractivity contribution is 5.65. The number of rotatable bonds is 6. The molecule has 20 heavy (non-hydrogen) atoms. The second-order valence-electron chi connectivity index (χ2n) is 4.22. The topological polar surface area (TPSA) is 111 Å². The van der Waals surface area contributed by atoms with Crippen LogP contribution in [0.15, 0.2) is 31.0 Å². The molecule has 3 rings (SSSR count). The van der Waals surface area contributed by atoms with E-state index < -0.39 is 0 Å². The average molecular weight is 273 g/mol. The van der Waals surface area contributed by atoms with Crippen molar-refractivity contribution in [3.8, 4) is 0 Å². The van der Waals surface area contributed by atoms with Crippen LogP contribution < -0.4 is 16.6 Å². The Balaban J connectivity index is 1.65. The van der Waals surface area contributed by atoms with Gasteiger partial charge < -0.3 is 15.1 Å². The summed E-state index contributed by atoms with van der Waals surface area (Å²) >= 11 is 0. The smallest absolute Gasteiger partial charge is 0.180 e. The zero-order chi connectivity index (χ0) is 13.8. The molecular weight excluding hydrogens is 258 g/mol. The first-order valence-corrected chi connectivity index (χ1v) is 6.25. The maximum atomic E-state index is 5.40. The van der Waals surface area contributed by atoms with Gasteiger partial charge in [-0.3, -0.25) is 4.68 Å². The molecule has 0 atom stereocenters. The van der Waals surface area contributed by atoms with Crippen LogP contribution in [0.3, 0.4) is 0 Å². The first-order chi connectivity index (χ1) is 9.86. The van der Waals surface area contributed by atoms with E-state index in [-0.39, 0.29) is 0 Å². The minimum atomic E-state index is 0.578. The van der Waals surface area contributed by atoms with Crippen LogP contribution in [-0.2, 0) is 6.54 Å². The summed E-state index contributed by atoms with van der Waals surface area (Å²) in [6, 6.07) is 0. The van der Waals surface area contributed by atoms with Crippen molar-refractivity contribution in [2.45, 2.75) is 13.0 Å². The molecule has 3 heterocycles. The van der Waals surface area contributed by atoms with Crippen LogP contribution in [0, 0.1) is 0 Å². The third-order valence-corrected chi connectivity index (χ3v) is 2.85. The van der Waals surface area contributed by atoms with E-state index in [0.717, 1.165) is 25.2 Å². The Hall–Kier alpha value is -2.68. The molecular formula is C11H15N9. The number of nitrogen functional groups attached to an aromatic ring is 1. The van der Waals surface area contributed by atoms with E-state index in [9.17, 15) is 0 Å². The second kappa shape index (κ2) is 5.53. The largest absolute Gasteiger partial charge is 0.367 e. The van der Waals surface area contributed by atoms with Gasteiger partial charge in [-0.2, -0.15) is 0 Å². The van der Waals surface area contributed by atoms with Crippen LogP contribution in [0.4, 0.5) is 11.6 Å². The molecule has 9 nitrogen and oxygen atoms in total. The summed E-state index contributed by atoms with van der Waals surface area (Å²) in [5, 5.41) is 10.9. The number of hydrogen-bond donors (Lipinski definition) is 3. The number of hydrazine groups is 1. The highest BCUT2D eigenvalue weighted by Crippen LogP contribution is 2.15. The Morgan fingerprint density at radius 1 is 1.25 bits per heavy atom. The molecule has 0 unspecified atom stereocenters. The van der Waals surface area contributed by atoms with Crippen LogP contribution in [-0.4, -0.2) is 35.9 Å². The lowest BCUT2D eigenvalue weighted by molar-refractivity contribution is 0.569. The van der Waals surface area contributed by atoms with Crippen molar-refractivity contribution in [3.63, 3.8) is 0 Å². The van der Waals surface area contributed by atoms with Gasteiger partial charge in [0.05, 0.1) is 12.4 Å². The first kappa shape index (κ1) is 12.4. The monoisotopic (exact) mass is 273 g/mol. The van der Waals surface area contributed by atoms with Gasteiger partial charge >= 0.3 is 0 Å². The summed E-state index contributed by atoms with van der Waals surface area (Å²) in [5.74, 6) is 6.68. The number of anilines is 2.